The number of nitrogens with one attached hydrogen (secondary N) is 1. The lowest BCUT2D eigenvalue weighted by molar-refractivity contribution is -0.384. The van der Waals surface area contributed by atoms with Crippen molar-refractivity contribution in [2.75, 3.05) is 33.3 Å². The first-order valence-electron chi connectivity index (χ1n) is 11.6. The maximum Gasteiger partial charge on any atom is 0.354 e. The van der Waals surface area contributed by atoms with E-state index >= 15 is 0 Å². The van der Waals surface area contributed by atoms with E-state index in [9.17, 15) is 29.6 Å². The summed E-state index contributed by atoms with van der Waals surface area (Å²) < 4.78 is 4.79. The van der Waals surface area contributed by atoms with Gasteiger partial charge in [-0.15, -0.1) is 0 Å². The number of methoxy groups -OCH3 is 1. The molecule has 11 nitrogen and oxygen atoms in total. The number of rotatable bonds is 9. The van der Waals surface area contributed by atoms with Gasteiger partial charge in [0, 0.05) is 36.5 Å². The van der Waals surface area contributed by atoms with Gasteiger partial charge in [-0.1, -0.05) is 13.8 Å². The molecule has 1 amide bonds. The Bertz CT molecular complexity index is 1230. The quantitative estimate of drug-likeness (QED) is 0.134. The number of nitro benzene ring substituents is 1. The lowest BCUT2D eigenvalue weighted by Gasteiger charge is -2.28. The molecule has 0 radical (unpaired) electrons. The van der Waals surface area contributed by atoms with Crippen LogP contribution < -0.4 is 0 Å². The summed E-state index contributed by atoms with van der Waals surface area (Å²) in [7, 11) is 1.23. The number of carbonyl (C=O) groups is 3. The van der Waals surface area contributed by atoms with E-state index in [2.05, 4.69) is 9.88 Å². The van der Waals surface area contributed by atoms with E-state index in [0.29, 0.717) is 23.4 Å². The van der Waals surface area contributed by atoms with E-state index in [1.807, 2.05) is 13.8 Å². The van der Waals surface area contributed by atoms with Crippen LogP contribution in [0.25, 0.3) is 5.76 Å². The molecule has 2 heterocycles. The number of non-ortho nitro benzene ring substituents is 1. The number of hydrogen-bond donors (Lipinski definition) is 2. The number of carbonyl (C=O) groups excluding carboxylic acids is 3. The first kappa shape index (κ1) is 26.6. The maximum atomic E-state index is 13.3. The molecule has 1 fully saturated rings. The van der Waals surface area contributed by atoms with Crippen molar-refractivity contribution in [1.82, 2.24) is 14.8 Å². The summed E-state index contributed by atoms with van der Waals surface area (Å²) in [5.41, 5.74) is 1.30. The number of H-pyrrole nitrogens is 1. The fraction of sp³-hybridized carbons (Fsp3) is 0.400. The average Bonchev–Trinajstić information content (AvgIpc) is 3.30. The molecule has 1 atom stereocenters. The molecular weight excluding hydrogens is 468 g/mol. The molecule has 1 aromatic carbocycles. The Morgan fingerprint density at radius 3 is 2.33 bits per heavy atom. The molecule has 36 heavy (non-hydrogen) atoms. The normalized spacial score (nSPS) is 17.2. The zero-order valence-corrected chi connectivity index (χ0v) is 21.0. The summed E-state index contributed by atoms with van der Waals surface area (Å²) in [6.45, 7) is 9.42. The molecule has 1 aliphatic rings. The topological polar surface area (TPSA) is 146 Å². The molecule has 192 valence electrons. The first-order chi connectivity index (χ1) is 17.1. The minimum Gasteiger partial charge on any atom is -0.507 e. The molecule has 1 saturated heterocycles. The monoisotopic (exact) mass is 498 g/mol. The van der Waals surface area contributed by atoms with Crippen LogP contribution in [0.5, 0.6) is 0 Å². The number of amides is 1. The minimum absolute atomic E-state index is 0.124. The van der Waals surface area contributed by atoms with Gasteiger partial charge in [-0.2, -0.15) is 0 Å². The molecule has 1 aliphatic heterocycles. The second kappa shape index (κ2) is 10.7. The summed E-state index contributed by atoms with van der Waals surface area (Å²) in [6.07, 6.45) is 0. The highest BCUT2D eigenvalue weighted by atomic mass is 16.6. The second-order valence-corrected chi connectivity index (χ2v) is 8.48. The van der Waals surface area contributed by atoms with Crippen LogP contribution in [-0.2, 0) is 14.3 Å². The van der Waals surface area contributed by atoms with Gasteiger partial charge in [0.05, 0.1) is 23.6 Å². The Hall–Kier alpha value is -3.99. The second-order valence-electron chi connectivity index (χ2n) is 8.48. The van der Waals surface area contributed by atoms with Crippen LogP contribution in [0.3, 0.4) is 0 Å². The van der Waals surface area contributed by atoms with Crippen molar-refractivity contribution in [1.29, 1.82) is 0 Å². The lowest BCUT2D eigenvalue weighted by Crippen LogP contribution is -2.38. The predicted molar refractivity (Wildman–Crippen MR) is 132 cm³/mol. The number of ketones is 1. The molecule has 2 N–H and O–H groups in total. The minimum atomic E-state index is -0.961. The van der Waals surface area contributed by atoms with Gasteiger partial charge < -0.3 is 24.6 Å². The summed E-state index contributed by atoms with van der Waals surface area (Å²) in [5.74, 6) is -2.70. The number of aromatic amines is 1. The fourth-order valence-electron chi connectivity index (χ4n) is 4.57. The number of nitrogens with zero attached hydrogens (tertiary/aromatic N) is 3. The Morgan fingerprint density at radius 2 is 1.81 bits per heavy atom. The largest absolute Gasteiger partial charge is 0.507 e. The molecule has 0 spiro atoms. The van der Waals surface area contributed by atoms with Crippen LogP contribution in [0.15, 0.2) is 29.8 Å². The first-order valence-corrected chi connectivity index (χ1v) is 11.6. The number of benzene rings is 1. The third-order valence-electron chi connectivity index (χ3n) is 6.57. The number of esters is 1. The van der Waals surface area contributed by atoms with E-state index in [1.54, 1.807) is 13.8 Å². The number of aliphatic hydroxyl groups is 1. The van der Waals surface area contributed by atoms with Gasteiger partial charge in [-0.25, -0.2) is 4.79 Å². The summed E-state index contributed by atoms with van der Waals surface area (Å²) in [4.78, 5) is 55.5. The van der Waals surface area contributed by atoms with Crippen LogP contribution in [0.1, 0.15) is 52.8 Å². The van der Waals surface area contributed by atoms with Crippen molar-refractivity contribution in [3.05, 3.63) is 68.0 Å². The third-order valence-corrected chi connectivity index (χ3v) is 6.57. The van der Waals surface area contributed by atoms with Crippen molar-refractivity contribution >= 4 is 29.1 Å². The van der Waals surface area contributed by atoms with Gasteiger partial charge in [0.15, 0.2) is 0 Å². The number of nitro groups is 1. The Balaban J connectivity index is 2.19. The van der Waals surface area contributed by atoms with Crippen LogP contribution in [0.2, 0.25) is 0 Å². The molecule has 11 heteroatoms. The SMILES string of the molecule is CCN(CC)CCN1C(=O)C(=O)C(=C(O)c2c(C)[nH]c(C(=O)OC)c2C)[C@H]1c1ccc([N+](=O)[O-])cc1. The third kappa shape index (κ3) is 4.74. The molecule has 2 aromatic rings. The number of aromatic nitrogens is 1. The smallest absolute Gasteiger partial charge is 0.354 e. The highest BCUT2D eigenvalue weighted by Gasteiger charge is 2.46. The molecule has 0 saturated carbocycles. The molecule has 0 unspecified atom stereocenters. The van der Waals surface area contributed by atoms with Crippen LogP contribution >= 0.6 is 0 Å². The number of likely N-dealkylation sites (N-methyl/N-ethyl adjacent to an activating group) is 1. The highest BCUT2D eigenvalue weighted by Crippen LogP contribution is 2.41. The molecule has 0 bridgehead atoms. The Morgan fingerprint density at radius 1 is 1.19 bits per heavy atom. The van der Waals surface area contributed by atoms with Crippen molar-refractivity contribution in [2.24, 2.45) is 0 Å². The number of likely N-dealkylation sites (tertiary alicyclic amines) is 1. The maximum absolute atomic E-state index is 13.3. The van der Waals surface area contributed by atoms with E-state index < -0.39 is 34.4 Å². The summed E-state index contributed by atoms with van der Waals surface area (Å²) >= 11 is 0. The van der Waals surface area contributed by atoms with E-state index in [-0.39, 0.29) is 29.1 Å². The van der Waals surface area contributed by atoms with Crippen molar-refractivity contribution < 1.29 is 29.2 Å². The Labute approximate surface area is 208 Å². The molecule has 3 rings (SSSR count). The van der Waals surface area contributed by atoms with Crippen molar-refractivity contribution in [3.8, 4) is 0 Å². The van der Waals surface area contributed by atoms with Gasteiger partial charge >= 0.3 is 5.97 Å². The number of Topliss-reactive ketones (excluding diaryl/α,β-unsaturated/α-hetero) is 1. The van der Waals surface area contributed by atoms with Gasteiger partial charge in [-0.3, -0.25) is 19.7 Å². The summed E-state index contributed by atoms with van der Waals surface area (Å²) in [5, 5.41) is 22.5. The zero-order chi connectivity index (χ0) is 26.7. The lowest BCUT2D eigenvalue weighted by atomic mass is 9.94. The van der Waals surface area contributed by atoms with Crippen molar-refractivity contribution in [3.63, 3.8) is 0 Å². The zero-order valence-electron chi connectivity index (χ0n) is 21.0. The van der Waals surface area contributed by atoms with Crippen LogP contribution in [-0.4, -0.2) is 75.8 Å². The number of ether oxygens (including phenoxy) is 1. The van der Waals surface area contributed by atoms with E-state index in [1.165, 1.54) is 36.3 Å². The standard InChI is InChI=1S/C25H30N4O7/c1-6-27(7-2)12-13-28-21(16-8-10-17(11-9-16)29(34)35)19(23(31)24(28)32)22(30)18-14(3)20(25(33)36-5)26-15(18)4/h8-11,21,26,30H,6-7,12-13H2,1-5H3/t21-/m1/s1. The van der Waals surface area contributed by atoms with Gasteiger partial charge in [0.2, 0.25) is 0 Å². The number of aryl methyl sites for hydroxylation is 1. The highest BCUT2D eigenvalue weighted by molar-refractivity contribution is 6.46. The fourth-order valence-corrected chi connectivity index (χ4v) is 4.57. The van der Waals surface area contributed by atoms with Gasteiger partial charge in [-0.05, 0) is 50.2 Å². The molecule has 1 aromatic heterocycles. The molecule has 0 aliphatic carbocycles. The number of aliphatic hydroxyl groups excluding tert-OH is 1. The van der Waals surface area contributed by atoms with Crippen LogP contribution in [0, 0.1) is 24.0 Å². The predicted octanol–water partition coefficient (Wildman–Crippen LogP) is 3.09. The number of hydrogen-bond acceptors (Lipinski definition) is 8. The Kier molecular flexibility index (Phi) is 7.93. The molecular formula is C25H30N4O7. The van der Waals surface area contributed by atoms with Crippen molar-refractivity contribution in [2.45, 2.75) is 33.7 Å². The van der Waals surface area contributed by atoms with Gasteiger partial charge in [0.1, 0.15) is 11.5 Å². The van der Waals surface area contributed by atoms with Crippen LogP contribution in [0.4, 0.5) is 5.69 Å². The van der Waals surface area contributed by atoms with Gasteiger partial charge in [0.25, 0.3) is 17.4 Å². The average molecular weight is 499 g/mol. The van der Waals surface area contributed by atoms with E-state index in [4.69, 9.17) is 4.74 Å². The summed E-state index contributed by atoms with van der Waals surface area (Å²) in [6, 6.07) is 4.58. The van der Waals surface area contributed by atoms with E-state index in [0.717, 1.165) is 13.1 Å².